The molecule has 0 bridgehead atoms. The second-order valence-corrected chi connectivity index (χ2v) is 5.19. The molecule has 2 rings (SSSR count). The van der Waals surface area contributed by atoms with Crippen LogP contribution in [0, 0.1) is 5.92 Å². The minimum atomic E-state index is -0.719. The smallest absolute Gasteiger partial charge is 0.303 e. The fourth-order valence-corrected chi connectivity index (χ4v) is 2.24. The standard InChI is InChI=1S/C12H19N3O3/c1-8(2)12-13-10(14-18-12)7-15-4-3-9(6-15)5-11(16)17/h8-9H,3-7H2,1-2H3,(H,16,17). The van der Waals surface area contributed by atoms with Crippen molar-refractivity contribution in [1.82, 2.24) is 15.0 Å². The number of nitrogens with zero attached hydrogens (tertiary/aromatic N) is 3. The molecule has 0 radical (unpaired) electrons. The molecule has 0 amide bonds. The highest BCUT2D eigenvalue weighted by Crippen LogP contribution is 2.21. The number of likely N-dealkylation sites (tertiary alicyclic amines) is 1. The van der Waals surface area contributed by atoms with Crippen molar-refractivity contribution in [2.75, 3.05) is 13.1 Å². The first-order chi connectivity index (χ1) is 8.54. The molecule has 0 aromatic carbocycles. The normalized spacial score (nSPS) is 20.7. The van der Waals surface area contributed by atoms with Gasteiger partial charge in [-0.2, -0.15) is 4.98 Å². The van der Waals surface area contributed by atoms with Gasteiger partial charge in [0.15, 0.2) is 5.82 Å². The Morgan fingerprint density at radius 2 is 2.39 bits per heavy atom. The molecule has 1 aromatic heterocycles. The Kier molecular flexibility index (Phi) is 3.96. The molecule has 6 nitrogen and oxygen atoms in total. The monoisotopic (exact) mass is 253 g/mol. The van der Waals surface area contributed by atoms with Gasteiger partial charge in [0, 0.05) is 18.9 Å². The average Bonchev–Trinajstić information content (AvgIpc) is 2.88. The van der Waals surface area contributed by atoms with Crippen LogP contribution in [0.4, 0.5) is 0 Å². The van der Waals surface area contributed by atoms with E-state index in [1.807, 2.05) is 13.8 Å². The summed E-state index contributed by atoms with van der Waals surface area (Å²) in [5.41, 5.74) is 0. The Hall–Kier alpha value is -1.43. The predicted molar refractivity (Wildman–Crippen MR) is 64.0 cm³/mol. The third-order valence-corrected chi connectivity index (χ3v) is 3.18. The molecule has 1 N–H and O–H groups in total. The van der Waals surface area contributed by atoms with Crippen LogP contribution in [0.5, 0.6) is 0 Å². The van der Waals surface area contributed by atoms with Gasteiger partial charge in [0.25, 0.3) is 0 Å². The number of aliphatic carboxylic acids is 1. The Morgan fingerprint density at radius 1 is 1.61 bits per heavy atom. The molecular weight excluding hydrogens is 234 g/mol. The number of carboxylic acid groups (broad SMARTS) is 1. The van der Waals surface area contributed by atoms with Crippen LogP contribution in [-0.4, -0.2) is 39.2 Å². The first-order valence-electron chi connectivity index (χ1n) is 6.31. The molecule has 1 aliphatic heterocycles. The van der Waals surface area contributed by atoms with Crippen LogP contribution in [0.1, 0.15) is 44.3 Å². The van der Waals surface area contributed by atoms with E-state index in [-0.39, 0.29) is 18.3 Å². The highest BCUT2D eigenvalue weighted by Gasteiger charge is 2.25. The van der Waals surface area contributed by atoms with E-state index in [4.69, 9.17) is 9.63 Å². The number of hydrogen-bond donors (Lipinski definition) is 1. The minimum Gasteiger partial charge on any atom is -0.481 e. The van der Waals surface area contributed by atoms with E-state index in [9.17, 15) is 4.79 Å². The van der Waals surface area contributed by atoms with E-state index in [0.29, 0.717) is 18.3 Å². The lowest BCUT2D eigenvalue weighted by Gasteiger charge is -2.12. The first kappa shape index (κ1) is 13.0. The van der Waals surface area contributed by atoms with Gasteiger partial charge in [-0.05, 0) is 18.9 Å². The third kappa shape index (κ3) is 3.29. The molecule has 0 spiro atoms. The lowest BCUT2D eigenvalue weighted by Crippen LogP contribution is -2.21. The van der Waals surface area contributed by atoms with E-state index < -0.39 is 5.97 Å². The molecule has 0 saturated carbocycles. The number of carbonyl (C=O) groups is 1. The predicted octanol–water partition coefficient (Wildman–Crippen LogP) is 1.49. The Balaban J connectivity index is 1.85. The van der Waals surface area contributed by atoms with Crippen LogP contribution in [0.15, 0.2) is 4.52 Å². The van der Waals surface area contributed by atoms with Crippen LogP contribution in [0.2, 0.25) is 0 Å². The van der Waals surface area contributed by atoms with E-state index in [1.165, 1.54) is 0 Å². The molecule has 6 heteroatoms. The van der Waals surface area contributed by atoms with Crippen molar-refractivity contribution < 1.29 is 14.4 Å². The van der Waals surface area contributed by atoms with Crippen molar-refractivity contribution >= 4 is 5.97 Å². The largest absolute Gasteiger partial charge is 0.481 e. The maximum Gasteiger partial charge on any atom is 0.303 e. The third-order valence-electron chi connectivity index (χ3n) is 3.18. The molecule has 18 heavy (non-hydrogen) atoms. The van der Waals surface area contributed by atoms with E-state index in [0.717, 1.165) is 19.5 Å². The molecule has 1 aliphatic rings. The fraction of sp³-hybridized carbons (Fsp3) is 0.750. The van der Waals surface area contributed by atoms with Gasteiger partial charge in [0.2, 0.25) is 5.89 Å². The highest BCUT2D eigenvalue weighted by atomic mass is 16.5. The van der Waals surface area contributed by atoms with Gasteiger partial charge in [-0.25, -0.2) is 0 Å². The molecule has 1 unspecified atom stereocenters. The summed E-state index contributed by atoms with van der Waals surface area (Å²) in [5, 5.41) is 12.7. The zero-order valence-electron chi connectivity index (χ0n) is 10.8. The summed E-state index contributed by atoms with van der Waals surface area (Å²) in [5.74, 6) is 1.12. The minimum absolute atomic E-state index is 0.240. The van der Waals surface area contributed by atoms with Gasteiger partial charge in [0.05, 0.1) is 6.54 Å². The molecule has 1 atom stereocenters. The van der Waals surface area contributed by atoms with Crippen molar-refractivity contribution in [2.45, 2.75) is 39.2 Å². The number of aromatic nitrogens is 2. The summed E-state index contributed by atoms with van der Waals surface area (Å²) in [4.78, 5) is 17.1. The van der Waals surface area contributed by atoms with Crippen LogP contribution in [-0.2, 0) is 11.3 Å². The van der Waals surface area contributed by atoms with Crippen molar-refractivity contribution in [2.24, 2.45) is 5.92 Å². The lowest BCUT2D eigenvalue weighted by atomic mass is 10.1. The quantitative estimate of drug-likeness (QED) is 0.856. The summed E-state index contributed by atoms with van der Waals surface area (Å²) in [6, 6.07) is 0. The number of rotatable bonds is 5. The van der Waals surface area contributed by atoms with Crippen LogP contribution < -0.4 is 0 Å². The van der Waals surface area contributed by atoms with Gasteiger partial charge in [-0.1, -0.05) is 19.0 Å². The fourth-order valence-electron chi connectivity index (χ4n) is 2.24. The van der Waals surface area contributed by atoms with Crippen molar-refractivity contribution in [1.29, 1.82) is 0 Å². The number of hydrogen-bond acceptors (Lipinski definition) is 5. The van der Waals surface area contributed by atoms with Gasteiger partial charge in [-0.3, -0.25) is 9.69 Å². The van der Waals surface area contributed by atoms with Crippen LogP contribution in [0.25, 0.3) is 0 Å². The summed E-state index contributed by atoms with van der Waals surface area (Å²) in [6.45, 7) is 6.37. The van der Waals surface area contributed by atoms with Gasteiger partial charge in [-0.15, -0.1) is 0 Å². The summed E-state index contributed by atoms with van der Waals surface area (Å²) >= 11 is 0. The lowest BCUT2D eigenvalue weighted by molar-refractivity contribution is -0.138. The van der Waals surface area contributed by atoms with Crippen molar-refractivity contribution in [3.8, 4) is 0 Å². The zero-order chi connectivity index (χ0) is 13.1. The Morgan fingerprint density at radius 3 is 3.00 bits per heavy atom. The van der Waals surface area contributed by atoms with Gasteiger partial charge < -0.3 is 9.63 Å². The first-order valence-corrected chi connectivity index (χ1v) is 6.31. The average molecular weight is 253 g/mol. The van der Waals surface area contributed by atoms with Crippen molar-refractivity contribution in [3.05, 3.63) is 11.7 Å². The van der Waals surface area contributed by atoms with Crippen LogP contribution >= 0.6 is 0 Å². The molecule has 2 heterocycles. The highest BCUT2D eigenvalue weighted by molar-refractivity contribution is 5.67. The molecule has 1 fully saturated rings. The molecule has 100 valence electrons. The Bertz CT molecular complexity index is 416. The second-order valence-electron chi connectivity index (χ2n) is 5.19. The molecule has 1 saturated heterocycles. The van der Waals surface area contributed by atoms with Crippen molar-refractivity contribution in [3.63, 3.8) is 0 Å². The molecule has 1 aromatic rings. The maximum absolute atomic E-state index is 10.6. The van der Waals surface area contributed by atoms with E-state index >= 15 is 0 Å². The number of carboxylic acids is 1. The molecule has 0 aliphatic carbocycles. The van der Waals surface area contributed by atoms with Crippen LogP contribution in [0.3, 0.4) is 0 Å². The SMILES string of the molecule is CC(C)c1nc(CN2CCC(CC(=O)O)C2)no1. The summed E-state index contributed by atoms with van der Waals surface area (Å²) < 4.78 is 5.15. The second kappa shape index (κ2) is 5.48. The molecular formula is C12H19N3O3. The summed E-state index contributed by atoms with van der Waals surface area (Å²) in [7, 11) is 0. The van der Waals surface area contributed by atoms with E-state index in [2.05, 4.69) is 15.0 Å². The Labute approximate surface area is 106 Å². The maximum atomic E-state index is 10.6. The summed E-state index contributed by atoms with van der Waals surface area (Å²) in [6.07, 6.45) is 1.18. The van der Waals surface area contributed by atoms with Gasteiger partial charge in [0.1, 0.15) is 0 Å². The zero-order valence-corrected chi connectivity index (χ0v) is 10.8. The topological polar surface area (TPSA) is 79.5 Å². The van der Waals surface area contributed by atoms with Gasteiger partial charge >= 0.3 is 5.97 Å². The van der Waals surface area contributed by atoms with E-state index in [1.54, 1.807) is 0 Å².